The Morgan fingerprint density at radius 3 is 2.32 bits per heavy atom. The summed E-state index contributed by atoms with van der Waals surface area (Å²) in [4.78, 5) is 39.7. The SMILES string of the molecule is Nc1c2nc(-c3ccc(Oc4ncc(C(F)(F)F)cc4Cl)cc3)[nH]c(=O)c2nc(=O)n1-c1ccccc1. The minimum absolute atomic E-state index is 0.0308. The van der Waals surface area contributed by atoms with E-state index in [0.29, 0.717) is 17.4 Å². The number of anilines is 1. The molecule has 0 radical (unpaired) electrons. The van der Waals surface area contributed by atoms with E-state index in [-0.39, 0.29) is 39.3 Å². The molecule has 37 heavy (non-hydrogen) atoms. The Morgan fingerprint density at radius 2 is 1.68 bits per heavy atom. The molecule has 0 atom stereocenters. The molecule has 0 aliphatic carbocycles. The fourth-order valence-corrected chi connectivity index (χ4v) is 3.72. The topological polar surface area (TPSA) is 129 Å². The molecule has 3 N–H and O–H groups in total. The standard InChI is InChI=1S/C24H14ClF3N6O3/c25-16-10-13(24(26,27)28)11-30-22(16)37-15-8-6-12(7-9-15)20-31-17-18(21(35)33-20)32-23(36)34(19(17)29)14-4-2-1-3-5-14/h1-11H,29H2,(H,31,33,35). The van der Waals surface area contributed by atoms with E-state index in [1.807, 2.05) is 0 Å². The molecule has 0 bridgehead atoms. The number of hydrogen-bond donors (Lipinski definition) is 2. The van der Waals surface area contributed by atoms with Crippen LogP contribution in [0.25, 0.3) is 28.1 Å². The normalized spacial score (nSPS) is 11.6. The summed E-state index contributed by atoms with van der Waals surface area (Å²) < 4.78 is 45.1. The molecule has 0 spiro atoms. The third-order valence-electron chi connectivity index (χ3n) is 5.27. The molecule has 3 heterocycles. The van der Waals surface area contributed by atoms with Gasteiger partial charge in [-0.3, -0.25) is 4.79 Å². The number of ether oxygens (including phenoxy) is 1. The molecule has 0 saturated heterocycles. The maximum Gasteiger partial charge on any atom is 0.417 e. The number of nitrogens with zero attached hydrogens (tertiary/aromatic N) is 4. The summed E-state index contributed by atoms with van der Waals surface area (Å²) in [7, 11) is 0. The van der Waals surface area contributed by atoms with Crippen molar-refractivity contribution in [2.45, 2.75) is 6.18 Å². The summed E-state index contributed by atoms with van der Waals surface area (Å²) in [5.74, 6) is 0.0931. The molecule has 2 aromatic carbocycles. The van der Waals surface area contributed by atoms with Crippen LogP contribution >= 0.6 is 11.6 Å². The van der Waals surface area contributed by atoms with Crippen molar-refractivity contribution >= 4 is 28.5 Å². The van der Waals surface area contributed by atoms with Crippen LogP contribution in [-0.2, 0) is 6.18 Å². The fraction of sp³-hybridized carbons (Fsp3) is 0.0417. The molecule has 13 heteroatoms. The van der Waals surface area contributed by atoms with Gasteiger partial charge in [0.1, 0.15) is 27.9 Å². The number of benzene rings is 2. The maximum atomic E-state index is 12.8. The van der Waals surface area contributed by atoms with Gasteiger partial charge >= 0.3 is 11.9 Å². The second-order valence-corrected chi connectivity index (χ2v) is 8.10. The van der Waals surface area contributed by atoms with E-state index >= 15 is 0 Å². The lowest BCUT2D eigenvalue weighted by Gasteiger charge is -2.12. The molecule has 0 unspecified atom stereocenters. The number of hydrogen-bond acceptors (Lipinski definition) is 7. The third-order valence-corrected chi connectivity index (χ3v) is 5.54. The van der Waals surface area contributed by atoms with Crippen LogP contribution in [0.2, 0.25) is 5.02 Å². The Balaban J connectivity index is 1.49. The van der Waals surface area contributed by atoms with Crippen LogP contribution in [0.3, 0.4) is 0 Å². The van der Waals surface area contributed by atoms with Gasteiger partial charge in [0.25, 0.3) is 5.56 Å². The monoisotopic (exact) mass is 526 g/mol. The predicted octanol–water partition coefficient (Wildman–Crippen LogP) is 4.58. The molecule has 3 aromatic heterocycles. The van der Waals surface area contributed by atoms with Crippen molar-refractivity contribution in [3.63, 3.8) is 0 Å². The maximum absolute atomic E-state index is 12.8. The average Bonchev–Trinajstić information content (AvgIpc) is 2.86. The van der Waals surface area contributed by atoms with Crippen molar-refractivity contribution in [1.29, 1.82) is 0 Å². The quantitative estimate of drug-likeness (QED) is 0.351. The molecule has 5 aromatic rings. The van der Waals surface area contributed by atoms with Gasteiger partial charge in [0.05, 0.1) is 11.3 Å². The Labute approximate surface area is 210 Å². The van der Waals surface area contributed by atoms with E-state index in [9.17, 15) is 22.8 Å². The molecule has 0 saturated carbocycles. The van der Waals surface area contributed by atoms with Crippen molar-refractivity contribution in [3.05, 3.63) is 98.3 Å². The van der Waals surface area contributed by atoms with Crippen LogP contribution in [0, 0.1) is 0 Å². The number of pyridine rings is 1. The van der Waals surface area contributed by atoms with Gasteiger partial charge in [0.15, 0.2) is 5.52 Å². The fourth-order valence-electron chi connectivity index (χ4n) is 3.52. The number of rotatable bonds is 4. The first kappa shape index (κ1) is 24.0. The number of nitrogens with one attached hydrogen (secondary N) is 1. The van der Waals surface area contributed by atoms with Gasteiger partial charge in [-0.15, -0.1) is 0 Å². The van der Waals surface area contributed by atoms with Crippen molar-refractivity contribution in [2.75, 3.05) is 5.73 Å². The first-order chi connectivity index (χ1) is 17.6. The Bertz CT molecular complexity index is 1750. The van der Waals surface area contributed by atoms with E-state index in [2.05, 4.69) is 19.9 Å². The number of alkyl halides is 3. The lowest BCUT2D eigenvalue weighted by Crippen LogP contribution is -2.27. The molecular formula is C24H14ClF3N6O3. The van der Waals surface area contributed by atoms with Crippen LogP contribution in [0.4, 0.5) is 19.0 Å². The highest BCUT2D eigenvalue weighted by molar-refractivity contribution is 6.31. The van der Waals surface area contributed by atoms with Crippen LogP contribution in [0.1, 0.15) is 5.56 Å². The Morgan fingerprint density at radius 1 is 0.973 bits per heavy atom. The molecule has 0 amide bonds. The highest BCUT2D eigenvalue weighted by Crippen LogP contribution is 2.35. The first-order valence-corrected chi connectivity index (χ1v) is 10.9. The van der Waals surface area contributed by atoms with Crippen molar-refractivity contribution in [3.8, 4) is 28.7 Å². The number of halogens is 4. The molecule has 9 nitrogen and oxygen atoms in total. The Hall–Kier alpha value is -4.71. The summed E-state index contributed by atoms with van der Waals surface area (Å²) in [5.41, 5.74) is 4.57. The second kappa shape index (κ2) is 9.06. The summed E-state index contributed by atoms with van der Waals surface area (Å²) in [6.45, 7) is 0. The lowest BCUT2D eigenvalue weighted by molar-refractivity contribution is -0.137. The van der Waals surface area contributed by atoms with Gasteiger partial charge in [-0.25, -0.2) is 19.3 Å². The number of aromatic nitrogens is 5. The van der Waals surface area contributed by atoms with Gasteiger partial charge in [0.2, 0.25) is 5.88 Å². The van der Waals surface area contributed by atoms with Crippen LogP contribution in [-0.4, -0.2) is 24.5 Å². The number of nitrogen functional groups attached to an aromatic ring is 1. The van der Waals surface area contributed by atoms with Crippen LogP contribution < -0.4 is 21.7 Å². The number of aromatic amines is 1. The number of H-pyrrole nitrogens is 1. The van der Waals surface area contributed by atoms with Crippen LogP contribution in [0.15, 0.2) is 76.4 Å². The zero-order valence-corrected chi connectivity index (χ0v) is 19.2. The predicted molar refractivity (Wildman–Crippen MR) is 130 cm³/mol. The van der Waals surface area contributed by atoms with E-state index in [1.165, 1.54) is 12.1 Å². The van der Waals surface area contributed by atoms with E-state index in [1.54, 1.807) is 42.5 Å². The molecule has 5 rings (SSSR count). The van der Waals surface area contributed by atoms with Crippen molar-refractivity contribution in [2.24, 2.45) is 0 Å². The van der Waals surface area contributed by atoms with Gasteiger partial charge in [0, 0.05) is 11.8 Å². The van der Waals surface area contributed by atoms with Crippen LogP contribution in [0.5, 0.6) is 11.6 Å². The largest absolute Gasteiger partial charge is 0.438 e. The smallest absolute Gasteiger partial charge is 0.417 e. The van der Waals surface area contributed by atoms with Crippen molar-refractivity contribution in [1.82, 2.24) is 24.5 Å². The van der Waals surface area contributed by atoms with Crippen molar-refractivity contribution < 1.29 is 17.9 Å². The lowest BCUT2D eigenvalue weighted by atomic mass is 10.2. The zero-order valence-electron chi connectivity index (χ0n) is 18.5. The summed E-state index contributed by atoms with van der Waals surface area (Å²) >= 11 is 5.89. The Kier molecular flexibility index (Phi) is 5.88. The number of para-hydroxylation sites is 1. The molecule has 186 valence electrons. The summed E-state index contributed by atoms with van der Waals surface area (Å²) in [6, 6.07) is 15.3. The zero-order chi connectivity index (χ0) is 26.3. The van der Waals surface area contributed by atoms with E-state index < -0.39 is 23.0 Å². The first-order valence-electron chi connectivity index (χ1n) is 10.5. The highest BCUT2D eigenvalue weighted by Gasteiger charge is 2.31. The van der Waals surface area contributed by atoms with E-state index in [4.69, 9.17) is 22.1 Å². The number of fused-ring (bicyclic) bond motifs is 1. The average molecular weight is 527 g/mol. The van der Waals surface area contributed by atoms with Gasteiger partial charge in [-0.1, -0.05) is 29.8 Å². The third kappa shape index (κ3) is 4.61. The number of nitrogens with two attached hydrogens (primary N) is 1. The molecule has 0 aliphatic heterocycles. The molecule has 0 aliphatic rings. The summed E-state index contributed by atoms with van der Waals surface area (Å²) in [5, 5.41) is -0.313. The van der Waals surface area contributed by atoms with Gasteiger partial charge in [-0.2, -0.15) is 18.2 Å². The minimum Gasteiger partial charge on any atom is -0.438 e. The molecule has 0 fully saturated rings. The highest BCUT2D eigenvalue weighted by atomic mass is 35.5. The minimum atomic E-state index is -4.59. The summed E-state index contributed by atoms with van der Waals surface area (Å²) in [6.07, 6.45) is -3.97. The van der Waals surface area contributed by atoms with Gasteiger partial charge < -0.3 is 15.5 Å². The molecular weight excluding hydrogens is 513 g/mol. The van der Waals surface area contributed by atoms with E-state index in [0.717, 1.165) is 10.6 Å². The van der Waals surface area contributed by atoms with Gasteiger partial charge in [-0.05, 0) is 42.5 Å². The second-order valence-electron chi connectivity index (χ2n) is 7.70.